The predicted octanol–water partition coefficient (Wildman–Crippen LogP) is 28.3. The second-order valence-electron chi connectivity index (χ2n) is 32.9. The van der Waals surface area contributed by atoms with Gasteiger partial charge in [0.25, 0.3) is 0 Å². The van der Waals surface area contributed by atoms with E-state index in [0.717, 1.165) is 194 Å². The summed E-state index contributed by atoms with van der Waals surface area (Å²) in [4.78, 5) is 29.3. The van der Waals surface area contributed by atoms with E-state index in [1.807, 2.05) is 12.4 Å². The fourth-order valence-electron chi connectivity index (χ4n) is 19.2. The van der Waals surface area contributed by atoms with Gasteiger partial charge in [-0.25, -0.2) is 0 Å². The van der Waals surface area contributed by atoms with Crippen molar-refractivity contribution in [1.29, 1.82) is 0 Å². The standard InChI is InChI=1S/C114H88N10/c1-117-73-121(111-41-21-17-37-107(111)117)89-55-45-77(46-56-89)93-25-5-11-31-99(93)83-65-84(100-32-12-6-26-94(100)78-47-57-90(58-48-78)122-74-118(2)108-38-18-22-42-112(108)122)68-87(67-83)103-35-15-9-29-97(103)81-53-63-105(115-71-81)106-64-54-82(72-116-106)98-30-10-16-36-104(98)88-69-85(101-33-13-7-27-95(101)79-49-59-91(60-50-79)123-75-119(3)109-39-19-23-43-113(109)123)66-86(70-88)102-34-14-8-28-96(102)80-51-61-92(62-52-80)124-76-120(4)110-40-20-24-44-114(110)124/h5-72H,73-76H2,1-4H3. The molecule has 0 N–H and O–H groups in total. The number of nitrogens with zero attached hydrogens (tertiary/aromatic N) is 10. The molecule has 22 rings (SSSR count). The average molecular weight is 1600 g/mol. The van der Waals surface area contributed by atoms with Crippen LogP contribution in [0.2, 0.25) is 0 Å². The molecule has 0 unspecified atom stereocenters. The molecular weight excluding hydrogens is 1510 g/mol. The maximum atomic E-state index is 5.26. The van der Waals surface area contributed by atoms with Crippen LogP contribution < -0.4 is 39.2 Å². The third-order valence-electron chi connectivity index (χ3n) is 25.4. The maximum Gasteiger partial charge on any atom is 0.0950 e. The van der Waals surface area contributed by atoms with Crippen LogP contribution in [0.15, 0.2) is 413 Å². The van der Waals surface area contributed by atoms with E-state index in [0.29, 0.717) is 0 Å². The van der Waals surface area contributed by atoms with Crippen LogP contribution in [0.5, 0.6) is 0 Å². The zero-order valence-electron chi connectivity index (χ0n) is 69.6. The molecule has 2 aromatic heterocycles. The van der Waals surface area contributed by atoms with E-state index in [2.05, 4.69) is 468 Å². The van der Waals surface area contributed by atoms with Crippen molar-refractivity contribution in [1.82, 2.24) is 9.97 Å². The van der Waals surface area contributed by atoms with E-state index in [1.54, 1.807) is 0 Å². The summed E-state index contributed by atoms with van der Waals surface area (Å²) < 4.78 is 0. The van der Waals surface area contributed by atoms with Gasteiger partial charge in [-0.05, 0) is 268 Å². The Morgan fingerprint density at radius 3 is 0.508 bits per heavy atom. The van der Waals surface area contributed by atoms with Crippen LogP contribution in [-0.4, -0.2) is 64.8 Å². The first-order chi connectivity index (χ1) is 61.1. The molecule has 0 saturated heterocycles. The van der Waals surface area contributed by atoms with Crippen molar-refractivity contribution in [3.05, 3.63) is 413 Å². The molecule has 0 fully saturated rings. The third kappa shape index (κ3) is 13.6. The quantitative estimate of drug-likeness (QED) is 0.0881. The van der Waals surface area contributed by atoms with Crippen molar-refractivity contribution in [2.24, 2.45) is 0 Å². The van der Waals surface area contributed by atoms with Crippen LogP contribution in [0.4, 0.5) is 68.2 Å². The molecule has 0 radical (unpaired) electrons. The Morgan fingerprint density at radius 1 is 0.161 bits per heavy atom. The number of para-hydroxylation sites is 8. The highest BCUT2D eigenvalue weighted by molar-refractivity contribution is 5.99. The molecule has 10 nitrogen and oxygen atoms in total. The topological polar surface area (TPSA) is 51.7 Å². The Kier molecular flexibility index (Phi) is 18.9. The summed E-state index contributed by atoms with van der Waals surface area (Å²) in [5.74, 6) is 0. The zero-order valence-corrected chi connectivity index (χ0v) is 69.6. The lowest BCUT2D eigenvalue weighted by Crippen LogP contribution is -2.23. The van der Waals surface area contributed by atoms with Gasteiger partial charge in [-0.2, -0.15) is 0 Å². The highest BCUT2D eigenvalue weighted by Crippen LogP contribution is 2.50. The number of pyridine rings is 2. The number of anilines is 12. The molecule has 124 heavy (non-hydrogen) atoms. The largest absolute Gasteiger partial charge is 0.355 e. The summed E-state index contributed by atoms with van der Waals surface area (Å²) >= 11 is 0. The Labute approximate surface area is 725 Å². The van der Waals surface area contributed by atoms with Gasteiger partial charge in [0.2, 0.25) is 0 Å². The minimum atomic E-state index is 0.789. The van der Waals surface area contributed by atoms with Crippen molar-refractivity contribution in [2.45, 2.75) is 0 Å². The number of benzene rings is 16. The molecule has 0 aliphatic carbocycles. The van der Waals surface area contributed by atoms with Gasteiger partial charge in [-0.1, -0.05) is 255 Å². The van der Waals surface area contributed by atoms with Gasteiger partial charge < -0.3 is 39.2 Å². The van der Waals surface area contributed by atoms with Gasteiger partial charge >= 0.3 is 0 Å². The number of hydrogen-bond donors (Lipinski definition) is 0. The Morgan fingerprint density at radius 2 is 0.323 bits per heavy atom. The second kappa shape index (κ2) is 31.4. The van der Waals surface area contributed by atoms with Crippen molar-refractivity contribution < 1.29 is 0 Å². The van der Waals surface area contributed by atoms with Crippen LogP contribution in [0.3, 0.4) is 0 Å². The second-order valence-corrected chi connectivity index (χ2v) is 32.9. The van der Waals surface area contributed by atoms with Gasteiger partial charge in [0.15, 0.2) is 0 Å². The van der Waals surface area contributed by atoms with Crippen LogP contribution in [0.1, 0.15) is 0 Å². The van der Waals surface area contributed by atoms with Crippen molar-refractivity contribution >= 4 is 68.2 Å². The molecule has 4 aliphatic rings. The SMILES string of the molecule is CN1CN(c2ccc(-c3ccccc3-c3cc(-c4ccccc4-c4ccc(N5CN(C)c6ccccc65)cc4)cc(-c4ccccc4-c4ccc(-c5ccc(-c6ccccc6-c6cc(-c7ccccc7-c7ccc(N8CN(C)c9ccccc98)cc7)cc(-c7ccccc7-c7ccc(N8CN(C)c9ccccc98)cc7)c6)cn5)nc4)c3)cc2)c2ccccc21. The molecule has 0 saturated carbocycles. The molecule has 0 spiro atoms. The van der Waals surface area contributed by atoms with Crippen LogP contribution >= 0.6 is 0 Å². The summed E-state index contributed by atoms with van der Waals surface area (Å²) in [6.07, 6.45) is 4.03. The fraction of sp³-hybridized carbons (Fsp3) is 0.0702. The highest BCUT2D eigenvalue weighted by atomic mass is 15.4. The van der Waals surface area contributed by atoms with Gasteiger partial charge in [-0.15, -0.1) is 0 Å². The smallest absolute Gasteiger partial charge is 0.0950 e. The number of aromatic nitrogens is 2. The molecular formula is C114H88N10. The van der Waals surface area contributed by atoms with E-state index in [-0.39, 0.29) is 0 Å². The summed E-state index contributed by atoms with van der Waals surface area (Å²) in [5, 5.41) is 0. The lowest BCUT2D eigenvalue weighted by atomic mass is 9.86. The highest BCUT2D eigenvalue weighted by Gasteiger charge is 2.30. The molecule has 0 bridgehead atoms. The van der Waals surface area contributed by atoms with E-state index in [4.69, 9.17) is 9.97 Å². The van der Waals surface area contributed by atoms with E-state index < -0.39 is 0 Å². The van der Waals surface area contributed by atoms with E-state index in [1.165, 1.54) is 45.5 Å². The number of fused-ring (bicyclic) bond motifs is 4. The molecule has 16 aromatic carbocycles. The van der Waals surface area contributed by atoms with Crippen molar-refractivity contribution in [2.75, 3.05) is 94.1 Å². The molecule has 10 heteroatoms. The minimum Gasteiger partial charge on any atom is -0.355 e. The minimum absolute atomic E-state index is 0.789. The van der Waals surface area contributed by atoms with Gasteiger partial charge in [0.05, 0.1) is 83.6 Å². The Balaban J connectivity index is 0.598. The van der Waals surface area contributed by atoms with Gasteiger partial charge in [0.1, 0.15) is 0 Å². The first kappa shape index (κ1) is 74.5. The molecule has 4 aliphatic heterocycles. The van der Waals surface area contributed by atoms with E-state index >= 15 is 0 Å². The first-order valence-electron chi connectivity index (χ1n) is 42.6. The van der Waals surface area contributed by atoms with Gasteiger partial charge in [0, 0.05) is 74.5 Å². The lowest BCUT2D eigenvalue weighted by molar-refractivity contribution is 0.950. The molecule has 0 atom stereocenters. The number of rotatable bonds is 17. The molecule has 18 aromatic rings. The summed E-state index contributed by atoms with van der Waals surface area (Å²) in [7, 11) is 8.65. The molecule has 0 amide bonds. The third-order valence-corrected chi connectivity index (χ3v) is 25.4. The molecule has 594 valence electrons. The predicted molar refractivity (Wildman–Crippen MR) is 520 cm³/mol. The monoisotopic (exact) mass is 1600 g/mol. The summed E-state index contributed by atoms with van der Waals surface area (Å²) in [6, 6.07) is 147. The summed E-state index contributed by atoms with van der Waals surface area (Å²) in [6.45, 7) is 3.16. The lowest BCUT2D eigenvalue weighted by Gasteiger charge is -2.21. The maximum absolute atomic E-state index is 5.26. The Bertz CT molecular complexity index is 6330. The van der Waals surface area contributed by atoms with Crippen LogP contribution in [0.25, 0.3) is 145 Å². The van der Waals surface area contributed by atoms with E-state index in [9.17, 15) is 0 Å². The van der Waals surface area contributed by atoms with Crippen molar-refractivity contribution in [3.63, 3.8) is 0 Å². The first-order valence-corrected chi connectivity index (χ1v) is 42.6. The van der Waals surface area contributed by atoms with Crippen molar-refractivity contribution in [3.8, 4) is 145 Å². The van der Waals surface area contributed by atoms with Gasteiger partial charge in [-0.3, -0.25) is 9.97 Å². The summed E-state index contributed by atoms with van der Waals surface area (Å²) in [5.41, 5.74) is 43.0. The normalized spacial score (nSPS) is 13.2. The fourth-order valence-corrected chi connectivity index (χ4v) is 19.2. The molecule has 6 heterocycles. The average Bonchev–Trinajstić information content (AvgIpc) is 1.70. The number of hydrogen-bond acceptors (Lipinski definition) is 10. The zero-order chi connectivity index (χ0) is 82.9. The van der Waals surface area contributed by atoms with Crippen LogP contribution in [0, 0.1) is 0 Å². The van der Waals surface area contributed by atoms with Crippen LogP contribution in [-0.2, 0) is 0 Å². The Hall–Kier alpha value is -15.8.